The SMILES string of the molecule is COC(=O)C1CCOc2cc(OC)c(OC)cc2C1=O. The number of hydrogen-bond acceptors (Lipinski definition) is 6. The van der Waals surface area contributed by atoms with Crippen molar-refractivity contribution in [1.29, 1.82) is 0 Å². The molecule has 0 aliphatic carbocycles. The highest BCUT2D eigenvalue weighted by Crippen LogP contribution is 2.37. The lowest BCUT2D eigenvalue weighted by Crippen LogP contribution is -2.25. The van der Waals surface area contributed by atoms with Crippen molar-refractivity contribution in [3.05, 3.63) is 17.7 Å². The monoisotopic (exact) mass is 280 g/mol. The summed E-state index contributed by atoms with van der Waals surface area (Å²) in [5.74, 6) is -0.464. The van der Waals surface area contributed by atoms with Gasteiger partial charge in [-0.3, -0.25) is 9.59 Å². The predicted molar refractivity (Wildman–Crippen MR) is 69.5 cm³/mol. The highest BCUT2D eigenvalue weighted by atomic mass is 16.5. The molecule has 0 amide bonds. The molecule has 20 heavy (non-hydrogen) atoms. The summed E-state index contributed by atoms with van der Waals surface area (Å²) in [5, 5.41) is 0. The minimum absolute atomic E-state index is 0.258. The molecule has 1 aromatic rings. The molecule has 0 N–H and O–H groups in total. The molecule has 6 heteroatoms. The van der Waals surface area contributed by atoms with Gasteiger partial charge in [0.25, 0.3) is 0 Å². The van der Waals surface area contributed by atoms with E-state index in [4.69, 9.17) is 14.2 Å². The molecule has 0 bridgehead atoms. The maximum atomic E-state index is 12.4. The predicted octanol–water partition coefficient (Wildman–Crippen LogP) is 1.46. The Morgan fingerprint density at radius 3 is 2.45 bits per heavy atom. The first kappa shape index (κ1) is 14.2. The third-order valence-electron chi connectivity index (χ3n) is 3.22. The summed E-state index contributed by atoms with van der Waals surface area (Å²) in [7, 11) is 4.24. The summed E-state index contributed by atoms with van der Waals surface area (Å²) in [6.07, 6.45) is 0.283. The third kappa shape index (κ3) is 2.41. The Hall–Kier alpha value is -2.24. The summed E-state index contributed by atoms with van der Waals surface area (Å²) in [4.78, 5) is 24.1. The van der Waals surface area contributed by atoms with Crippen molar-refractivity contribution in [3.63, 3.8) is 0 Å². The van der Waals surface area contributed by atoms with E-state index in [1.165, 1.54) is 27.4 Å². The van der Waals surface area contributed by atoms with E-state index in [0.717, 1.165) is 0 Å². The van der Waals surface area contributed by atoms with E-state index in [1.807, 2.05) is 0 Å². The molecular formula is C14H16O6. The third-order valence-corrected chi connectivity index (χ3v) is 3.22. The van der Waals surface area contributed by atoms with E-state index >= 15 is 0 Å². The van der Waals surface area contributed by atoms with Gasteiger partial charge in [-0.05, 0) is 6.07 Å². The van der Waals surface area contributed by atoms with Gasteiger partial charge in [0.05, 0.1) is 33.5 Å². The van der Waals surface area contributed by atoms with Crippen LogP contribution in [0.1, 0.15) is 16.8 Å². The van der Waals surface area contributed by atoms with Crippen LogP contribution in [0.25, 0.3) is 0 Å². The highest BCUT2D eigenvalue weighted by Gasteiger charge is 2.33. The molecule has 0 spiro atoms. The molecule has 0 radical (unpaired) electrons. The Kier molecular flexibility index (Phi) is 4.12. The van der Waals surface area contributed by atoms with E-state index in [1.54, 1.807) is 6.07 Å². The van der Waals surface area contributed by atoms with Crippen molar-refractivity contribution < 1.29 is 28.5 Å². The van der Waals surface area contributed by atoms with Crippen LogP contribution in [0.2, 0.25) is 0 Å². The quantitative estimate of drug-likeness (QED) is 0.616. The number of benzene rings is 1. The van der Waals surface area contributed by atoms with Crippen molar-refractivity contribution in [3.8, 4) is 17.2 Å². The van der Waals surface area contributed by atoms with Crippen LogP contribution >= 0.6 is 0 Å². The number of carbonyl (C=O) groups is 2. The van der Waals surface area contributed by atoms with Crippen LogP contribution < -0.4 is 14.2 Å². The van der Waals surface area contributed by atoms with Gasteiger partial charge in [0.1, 0.15) is 11.7 Å². The van der Waals surface area contributed by atoms with Crippen LogP contribution in [0.3, 0.4) is 0 Å². The highest BCUT2D eigenvalue weighted by molar-refractivity contribution is 6.10. The number of ether oxygens (including phenoxy) is 4. The second-order valence-corrected chi connectivity index (χ2v) is 4.28. The summed E-state index contributed by atoms with van der Waals surface area (Å²) in [6, 6.07) is 3.11. The van der Waals surface area contributed by atoms with Crippen LogP contribution in [0.5, 0.6) is 17.2 Å². The summed E-state index contributed by atoms with van der Waals surface area (Å²) < 4.78 is 20.5. The molecule has 6 nitrogen and oxygen atoms in total. The van der Waals surface area contributed by atoms with Crippen molar-refractivity contribution >= 4 is 11.8 Å². The number of ketones is 1. The maximum absolute atomic E-state index is 12.4. The van der Waals surface area contributed by atoms with Gasteiger partial charge < -0.3 is 18.9 Å². The summed E-state index contributed by atoms with van der Waals surface area (Å²) in [6.45, 7) is 0.258. The number of Topliss-reactive ketones (excluding diaryl/α,β-unsaturated/α-hetero) is 1. The minimum Gasteiger partial charge on any atom is -0.493 e. The Morgan fingerprint density at radius 2 is 1.85 bits per heavy atom. The maximum Gasteiger partial charge on any atom is 0.316 e. The Morgan fingerprint density at radius 1 is 1.20 bits per heavy atom. The van der Waals surface area contributed by atoms with Crippen LogP contribution in [0.15, 0.2) is 12.1 Å². The van der Waals surface area contributed by atoms with Crippen molar-refractivity contribution in [2.45, 2.75) is 6.42 Å². The van der Waals surface area contributed by atoms with E-state index in [-0.39, 0.29) is 18.8 Å². The van der Waals surface area contributed by atoms with E-state index in [2.05, 4.69) is 4.74 Å². The lowest BCUT2D eigenvalue weighted by atomic mass is 9.95. The average Bonchev–Trinajstić information content (AvgIpc) is 2.64. The molecule has 0 fully saturated rings. The molecule has 1 atom stereocenters. The van der Waals surface area contributed by atoms with Crippen LogP contribution in [-0.4, -0.2) is 39.7 Å². The molecule has 0 saturated carbocycles. The Balaban J connectivity index is 2.48. The van der Waals surface area contributed by atoms with E-state index in [9.17, 15) is 9.59 Å². The van der Waals surface area contributed by atoms with E-state index in [0.29, 0.717) is 22.8 Å². The fourth-order valence-corrected chi connectivity index (χ4v) is 2.14. The van der Waals surface area contributed by atoms with Crippen molar-refractivity contribution in [2.24, 2.45) is 5.92 Å². The fraction of sp³-hybridized carbons (Fsp3) is 0.429. The first-order chi connectivity index (χ1) is 9.62. The smallest absolute Gasteiger partial charge is 0.316 e. The van der Waals surface area contributed by atoms with Gasteiger partial charge in [0, 0.05) is 12.5 Å². The van der Waals surface area contributed by atoms with Crippen molar-refractivity contribution in [2.75, 3.05) is 27.9 Å². The zero-order chi connectivity index (χ0) is 14.7. The van der Waals surface area contributed by atoms with Crippen LogP contribution in [0.4, 0.5) is 0 Å². The molecule has 0 aromatic heterocycles. The largest absolute Gasteiger partial charge is 0.493 e. The van der Waals surface area contributed by atoms with Crippen LogP contribution in [-0.2, 0) is 9.53 Å². The summed E-state index contributed by atoms with van der Waals surface area (Å²) in [5.41, 5.74) is 0.301. The number of hydrogen-bond donors (Lipinski definition) is 0. The first-order valence-electron chi connectivity index (χ1n) is 6.13. The van der Waals surface area contributed by atoms with Gasteiger partial charge >= 0.3 is 5.97 Å². The fourth-order valence-electron chi connectivity index (χ4n) is 2.14. The van der Waals surface area contributed by atoms with Gasteiger partial charge in [-0.25, -0.2) is 0 Å². The van der Waals surface area contributed by atoms with Gasteiger partial charge in [-0.15, -0.1) is 0 Å². The number of carbonyl (C=O) groups excluding carboxylic acids is 2. The molecule has 1 unspecified atom stereocenters. The minimum atomic E-state index is -0.848. The molecular weight excluding hydrogens is 264 g/mol. The van der Waals surface area contributed by atoms with Gasteiger partial charge in [0.15, 0.2) is 17.3 Å². The van der Waals surface area contributed by atoms with E-state index < -0.39 is 11.9 Å². The normalized spacial score (nSPS) is 17.6. The van der Waals surface area contributed by atoms with Gasteiger partial charge in [0.2, 0.25) is 0 Å². The molecule has 1 aliphatic heterocycles. The zero-order valence-electron chi connectivity index (χ0n) is 11.6. The number of methoxy groups -OCH3 is 3. The van der Waals surface area contributed by atoms with Crippen LogP contribution in [0, 0.1) is 5.92 Å². The topological polar surface area (TPSA) is 71.1 Å². The Labute approximate surface area is 116 Å². The second kappa shape index (κ2) is 5.81. The van der Waals surface area contributed by atoms with Crippen molar-refractivity contribution in [1.82, 2.24) is 0 Å². The summed E-state index contributed by atoms with van der Waals surface area (Å²) >= 11 is 0. The first-order valence-corrected chi connectivity index (χ1v) is 6.13. The molecule has 108 valence electrons. The zero-order valence-corrected chi connectivity index (χ0v) is 11.6. The molecule has 2 rings (SSSR count). The second-order valence-electron chi connectivity index (χ2n) is 4.28. The molecule has 1 aliphatic rings. The standard InChI is InChI=1S/C14H16O6/c1-17-11-6-9-10(7-12(11)18-2)20-5-4-8(13(9)15)14(16)19-3/h6-8H,4-5H2,1-3H3. The number of fused-ring (bicyclic) bond motifs is 1. The lowest BCUT2D eigenvalue weighted by Gasteiger charge is -2.13. The van der Waals surface area contributed by atoms with Gasteiger partial charge in [-0.1, -0.05) is 0 Å². The number of rotatable bonds is 3. The van der Waals surface area contributed by atoms with Gasteiger partial charge in [-0.2, -0.15) is 0 Å². The average molecular weight is 280 g/mol. The molecule has 1 aromatic carbocycles. The molecule has 0 saturated heterocycles. The molecule has 1 heterocycles. The lowest BCUT2D eigenvalue weighted by molar-refractivity contribution is -0.143. The Bertz CT molecular complexity index is 537. The number of esters is 1.